The van der Waals surface area contributed by atoms with Gasteiger partial charge in [-0.05, 0) is 45.8 Å². The number of hydrogen-bond acceptors (Lipinski definition) is 3. The van der Waals surface area contributed by atoms with Crippen molar-refractivity contribution < 1.29 is 0 Å². The molecule has 0 aromatic carbocycles. The summed E-state index contributed by atoms with van der Waals surface area (Å²) >= 11 is 1.93. The molecule has 1 aliphatic heterocycles. The van der Waals surface area contributed by atoms with Crippen LogP contribution in [0, 0.1) is 5.92 Å². The second kappa shape index (κ2) is 6.64. The van der Waals surface area contributed by atoms with Gasteiger partial charge in [0.25, 0.3) is 0 Å². The van der Waals surface area contributed by atoms with Crippen molar-refractivity contribution in [2.45, 2.75) is 38.1 Å². The lowest BCUT2D eigenvalue weighted by Gasteiger charge is -2.36. The molecule has 2 rings (SSSR count). The van der Waals surface area contributed by atoms with Crippen LogP contribution in [-0.4, -0.2) is 49.0 Å². The molecule has 2 unspecified atom stereocenters. The van der Waals surface area contributed by atoms with Crippen LogP contribution in [0.25, 0.3) is 0 Å². The first kappa shape index (κ1) is 13.2. The third-order valence-corrected chi connectivity index (χ3v) is 4.79. The van der Waals surface area contributed by atoms with Gasteiger partial charge in [0.15, 0.2) is 5.17 Å². The molecule has 0 bridgehead atoms. The van der Waals surface area contributed by atoms with Crippen molar-refractivity contribution in [2.75, 3.05) is 32.9 Å². The molecule has 0 aromatic rings. The zero-order chi connectivity index (χ0) is 12.1. The molecule has 2 atom stereocenters. The number of hydrogen-bond donors (Lipinski definition) is 1. The van der Waals surface area contributed by atoms with E-state index in [1.54, 1.807) is 0 Å². The van der Waals surface area contributed by atoms with Gasteiger partial charge in [-0.3, -0.25) is 4.99 Å². The number of nitrogens with one attached hydrogen (secondary N) is 1. The Balaban J connectivity index is 1.73. The molecule has 1 saturated heterocycles. The van der Waals surface area contributed by atoms with Gasteiger partial charge in [0, 0.05) is 18.3 Å². The Bertz CT molecular complexity index is 265. The van der Waals surface area contributed by atoms with Crippen LogP contribution in [0.3, 0.4) is 0 Å². The van der Waals surface area contributed by atoms with Gasteiger partial charge in [0.1, 0.15) is 0 Å². The molecular weight excluding hydrogens is 230 g/mol. The summed E-state index contributed by atoms with van der Waals surface area (Å²) in [7, 11) is 4.24. The summed E-state index contributed by atoms with van der Waals surface area (Å²) < 4.78 is 0. The van der Waals surface area contributed by atoms with Gasteiger partial charge in [-0.15, -0.1) is 0 Å². The molecule has 3 nitrogen and oxygen atoms in total. The van der Waals surface area contributed by atoms with E-state index in [-0.39, 0.29) is 0 Å². The first-order valence-electron chi connectivity index (χ1n) is 6.84. The summed E-state index contributed by atoms with van der Waals surface area (Å²) in [5.41, 5.74) is 0. The Morgan fingerprint density at radius 3 is 3.00 bits per heavy atom. The van der Waals surface area contributed by atoms with Gasteiger partial charge in [-0.25, -0.2) is 0 Å². The number of amidine groups is 1. The summed E-state index contributed by atoms with van der Waals surface area (Å²) in [5.74, 6) is 2.18. The van der Waals surface area contributed by atoms with Crippen LogP contribution in [0.5, 0.6) is 0 Å². The van der Waals surface area contributed by atoms with Crippen LogP contribution < -0.4 is 5.32 Å². The van der Waals surface area contributed by atoms with Crippen LogP contribution in [0.2, 0.25) is 0 Å². The van der Waals surface area contributed by atoms with E-state index in [0.29, 0.717) is 0 Å². The minimum atomic E-state index is 0.720. The minimum absolute atomic E-state index is 0.720. The maximum Gasteiger partial charge on any atom is 0.156 e. The summed E-state index contributed by atoms with van der Waals surface area (Å²) in [4.78, 5) is 6.91. The average Bonchev–Trinajstić information content (AvgIpc) is 2.34. The topological polar surface area (TPSA) is 27.6 Å². The molecule has 0 amide bonds. The highest BCUT2D eigenvalue weighted by Crippen LogP contribution is 2.31. The molecule has 2 fully saturated rings. The summed E-state index contributed by atoms with van der Waals surface area (Å²) in [5, 5.41) is 4.84. The Morgan fingerprint density at radius 1 is 1.35 bits per heavy atom. The number of rotatable bonds is 4. The van der Waals surface area contributed by atoms with Gasteiger partial charge in [0.2, 0.25) is 0 Å². The lowest BCUT2D eigenvalue weighted by molar-refractivity contribution is 0.311. The van der Waals surface area contributed by atoms with E-state index < -0.39 is 0 Å². The molecule has 0 radical (unpaired) electrons. The van der Waals surface area contributed by atoms with Gasteiger partial charge < -0.3 is 10.2 Å². The Kier molecular flexibility index (Phi) is 5.16. The van der Waals surface area contributed by atoms with E-state index in [0.717, 1.165) is 31.5 Å². The molecule has 1 aliphatic carbocycles. The predicted octanol–water partition coefficient (Wildman–Crippen LogP) is 2.19. The molecule has 1 N–H and O–H groups in total. The Hall–Kier alpha value is -0.220. The van der Waals surface area contributed by atoms with Crippen LogP contribution in [-0.2, 0) is 0 Å². The zero-order valence-corrected chi connectivity index (χ0v) is 11.9. The zero-order valence-electron chi connectivity index (χ0n) is 11.1. The van der Waals surface area contributed by atoms with E-state index in [4.69, 9.17) is 0 Å². The van der Waals surface area contributed by atoms with Crippen LogP contribution in [0.15, 0.2) is 4.99 Å². The largest absolute Gasteiger partial charge is 0.362 e. The Labute approximate surface area is 109 Å². The molecule has 1 heterocycles. The third kappa shape index (κ3) is 4.18. The lowest BCUT2D eigenvalue weighted by atomic mass is 9.86. The van der Waals surface area contributed by atoms with E-state index in [2.05, 4.69) is 29.3 Å². The fourth-order valence-electron chi connectivity index (χ4n) is 2.64. The lowest BCUT2D eigenvalue weighted by Crippen LogP contribution is -2.46. The molecule has 0 aromatic heterocycles. The monoisotopic (exact) mass is 255 g/mol. The van der Waals surface area contributed by atoms with Crippen molar-refractivity contribution >= 4 is 16.9 Å². The van der Waals surface area contributed by atoms with Gasteiger partial charge >= 0.3 is 0 Å². The van der Waals surface area contributed by atoms with E-state index in [9.17, 15) is 0 Å². The molecular formula is C13H25N3S. The summed E-state index contributed by atoms with van der Waals surface area (Å²) in [6.07, 6.45) is 6.75. The van der Waals surface area contributed by atoms with Crippen LogP contribution in [0.4, 0.5) is 0 Å². The standard InChI is InChI=1S/C13H25N3S/c1-16(2)9-5-8-14-13-15-12-7-4-3-6-11(12)10-17-13/h11-12H,3-10H2,1-2H3,(H,14,15). The first-order chi connectivity index (χ1) is 8.25. The van der Waals surface area contributed by atoms with Gasteiger partial charge in [-0.1, -0.05) is 24.6 Å². The number of nitrogens with zero attached hydrogens (tertiary/aromatic N) is 2. The molecule has 0 spiro atoms. The van der Waals surface area contributed by atoms with E-state index >= 15 is 0 Å². The molecule has 98 valence electrons. The molecule has 17 heavy (non-hydrogen) atoms. The maximum atomic E-state index is 4.69. The van der Waals surface area contributed by atoms with Crippen molar-refractivity contribution in [3.05, 3.63) is 0 Å². The molecule has 2 aliphatic rings. The third-order valence-electron chi connectivity index (χ3n) is 3.67. The Morgan fingerprint density at radius 2 is 2.18 bits per heavy atom. The number of aliphatic imine (C=N–C) groups is 1. The average molecular weight is 255 g/mol. The fourth-order valence-corrected chi connectivity index (χ4v) is 3.83. The van der Waals surface area contributed by atoms with Crippen molar-refractivity contribution in [1.82, 2.24) is 10.2 Å². The van der Waals surface area contributed by atoms with Crippen LogP contribution in [0.1, 0.15) is 32.1 Å². The summed E-state index contributed by atoms with van der Waals surface area (Å²) in [6.45, 7) is 2.10. The first-order valence-corrected chi connectivity index (χ1v) is 7.83. The predicted molar refractivity (Wildman–Crippen MR) is 76.8 cm³/mol. The highest BCUT2D eigenvalue weighted by Gasteiger charge is 2.29. The second-order valence-corrected chi connectivity index (χ2v) is 6.46. The quantitative estimate of drug-likeness (QED) is 0.780. The second-order valence-electron chi connectivity index (χ2n) is 5.45. The van der Waals surface area contributed by atoms with Crippen molar-refractivity contribution in [3.63, 3.8) is 0 Å². The van der Waals surface area contributed by atoms with Crippen molar-refractivity contribution in [1.29, 1.82) is 0 Å². The van der Waals surface area contributed by atoms with E-state index in [1.165, 1.54) is 36.6 Å². The highest BCUT2D eigenvalue weighted by atomic mass is 32.2. The SMILES string of the molecule is CN(C)CCCN=C1NC2CCCCC2CS1. The van der Waals surface area contributed by atoms with E-state index in [1.807, 2.05) is 11.8 Å². The van der Waals surface area contributed by atoms with Gasteiger partial charge in [0.05, 0.1) is 0 Å². The van der Waals surface area contributed by atoms with Gasteiger partial charge in [-0.2, -0.15) is 0 Å². The smallest absolute Gasteiger partial charge is 0.156 e. The molecule has 1 saturated carbocycles. The summed E-state index contributed by atoms with van der Waals surface area (Å²) in [6, 6.07) is 0.720. The van der Waals surface area contributed by atoms with Crippen molar-refractivity contribution in [3.8, 4) is 0 Å². The number of fused-ring (bicyclic) bond motifs is 1. The number of thioether (sulfide) groups is 1. The fraction of sp³-hybridized carbons (Fsp3) is 0.923. The molecule has 4 heteroatoms. The maximum absolute atomic E-state index is 4.69. The highest BCUT2D eigenvalue weighted by molar-refractivity contribution is 8.13. The normalized spacial score (nSPS) is 31.4. The van der Waals surface area contributed by atoms with Crippen molar-refractivity contribution in [2.24, 2.45) is 10.9 Å². The minimum Gasteiger partial charge on any atom is -0.362 e. The van der Waals surface area contributed by atoms with Crippen LogP contribution >= 0.6 is 11.8 Å².